The average Bonchev–Trinajstić information content (AvgIpc) is 3.32. The highest BCUT2D eigenvalue weighted by Gasteiger charge is 2.46. The van der Waals surface area contributed by atoms with E-state index in [9.17, 15) is 26.4 Å². The van der Waals surface area contributed by atoms with Gasteiger partial charge in [-0.05, 0) is 55.8 Å². The highest BCUT2D eigenvalue weighted by atomic mass is 32.2. The third kappa shape index (κ3) is 5.81. The number of rotatable bonds is 7. The van der Waals surface area contributed by atoms with Gasteiger partial charge in [-0.15, -0.1) is 11.3 Å². The maximum absolute atomic E-state index is 14.2. The summed E-state index contributed by atoms with van der Waals surface area (Å²) in [5.74, 6) is -1.84. The quantitative estimate of drug-likeness (QED) is 0.387. The maximum atomic E-state index is 14.2. The molecule has 0 aliphatic carbocycles. The molecule has 7 nitrogen and oxygen atoms in total. The normalized spacial score (nSPS) is 17.3. The van der Waals surface area contributed by atoms with Gasteiger partial charge in [-0.25, -0.2) is 8.42 Å². The summed E-state index contributed by atoms with van der Waals surface area (Å²) in [5.41, 5.74) is 2.19. The summed E-state index contributed by atoms with van der Waals surface area (Å²) in [5, 5.41) is 5.19. The number of benzene rings is 1. The van der Waals surface area contributed by atoms with Crippen LogP contribution in [0.15, 0.2) is 41.9 Å². The van der Waals surface area contributed by atoms with Crippen molar-refractivity contribution in [3.8, 4) is 0 Å². The minimum absolute atomic E-state index is 0.0295. The number of hydrogen-bond acceptors (Lipinski definition) is 7. The van der Waals surface area contributed by atoms with Crippen molar-refractivity contribution in [2.24, 2.45) is 5.92 Å². The van der Waals surface area contributed by atoms with E-state index >= 15 is 0 Å². The number of aromatic nitrogens is 1. The minimum Gasteiger partial charge on any atom is -0.374 e. The molecule has 12 heteroatoms. The third-order valence-corrected chi connectivity index (χ3v) is 9.68. The second kappa shape index (κ2) is 10.5. The number of nitrogens with zero attached hydrogens (tertiary/aromatic N) is 2. The summed E-state index contributed by atoms with van der Waals surface area (Å²) in [6.45, 7) is 3.86. The van der Waals surface area contributed by atoms with Crippen molar-refractivity contribution in [2.45, 2.75) is 44.5 Å². The number of carbonyl (C=O) groups is 1. The molecule has 4 rings (SSSR count). The second-order valence-electron chi connectivity index (χ2n) is 9.96. The van der Waals surface area contributed by atoms with Crippen molar-refractivity contribution in [3.63, 3.8) is 0 Å². The zero-order valence-corrected chi connectivity index (χ0v) is 23.1. The Balaban J connectivity index is 1.60. The van der Waals surface area contributed by atoms with Gasteiger partial charge in [0.1, 0.15) is 9.84 Å². The van der Waals surface area contributed by atoms with Crippen LogP contribution < -0.4 is 5.32 Å². The summed E-state index contributed by atoms with van der Waals surface area (Å²) in [4.78, 5) is 18.1. The number of alkyl halides is 3. The molecule has 1 amide bonds. The van der Waals surface area contributed by atoms with Gasteiger partial charge >= 0.3 is 6.18 Å². The third-order valence-electron chi connectivity index (χ3n) is 7.04. The lowest BCUT2D eigenvalue weighted by Gasteiger charge is -2.34. The molecule has 1 aliphatic rings. The van der Waals surface area contributed by atoms with Gasteiger partial charge in [0, 0.05) is 31.3 Å². The van der Waals surface area contributed by atoms with Crippen LogP contribution in [0, 0.1) is 5.92 Å². The summed E-state index contributed by atoms with van der Waals surface area (Å²) < 4.78 is 72.6. The fraction of sp³-hybridized carbons (Fsp3) is 0.462. The van der Waals surface area contributed by atoms with Crippen molar-refractivity contribution in [3.05, 3.63) is 53.0 Å². The molecule has 0 spiro atoms. The van der Waals surface area contributed by atoms with Gasteiger partial charge in [-0.3, -0.25) is 9.78 Å². The number of hydrogen-bond donors (Lipinski definition) is 1. The molecule has 0 bridgehead atoms. The standard InChI is InChI=1S/C26H30F3N3O4S2/c1-25(2,36-4)21-20(15-30-19-9-12-37-22(19)21)31-18-7-5-16(6-8-18)23(26(27,28)29)32(3)24(33)17-10-13-38(34,35)14-11-17/h5-9,12,15,17,23,31H,10-11,13-14H2,1-4H3/t23-/m0/s1. The molecule has 0 unspecified atom stereocenters. The Morgan fingerprint density at radius 3 is 2.37 bits per heavy atom. The zero-order valence-electron chi connectivity index (χ0n) is 21.5. The number of thiophene rings is 1. The molecule has 1 fully saturated rings. The Morgan fingerprint density at radius 1 is 1.16 bits per heavy atom. The summed E-state index contributed by atoms with van der Waals surface area (Å²) >= 11 is 1.53. The van der Waals surface area contributed by atoms with Crippen molar-refractivity contribution >= 4 is 48.7 Å². The summed E-state index contributed by atoms with van der Waals surface area (Å²) in [7, 11) is -0.508. The number of ether oxygens (including phenoxy) is 1. The number of anilines is 2. The van der Waals surface area contributed by atoms with Gasteiger partial charge in [-0.2, -0.15) is 13.2 Å². The molecule has 206 valence electrons. The summed E-state index contributed by atoms with van der Waals surface area (Å²) in [6.07, 6.45) is -2.98. The van der Waals surface area contributed by atoms with Crippen LogP contribution in [-0.4, -0.2) is 56.0 Å². The predicted molar refractivity (Wildman–Crippen MR) is 142 cm³/mol. The van der Waals surface area contributed by atoms with Crippen molar-refractivity contribution < 1.29 is 31.1 Å². The van der Waals surface area contributed by atoms with E-state index in [0.29, 0.717) is 16.3 Å². The SMILES string of the molecule is COC(C)(C)c1c(Nc2ccc([C@H](N(C)C(=O)C3CCS(=O)(=O)CC3)C(F)(F)F)cc2)cnc2ccsc12. The summed E-state index contributed by atoms with van der Waals surface area (Å²) in [6, 6.07) is 5.50. The first-order valence-electron chi connectivity index (χ1n) is 12.1. The van der Waals surface area contributed by atoms with Gasteiger partial charge in [0.2, 0.25) is 5.91 Å². The van der Waals surface area contributed by atoms with E-state index in [4.69, 9.17) is 4.74 Å². The van der Waals surface area contributed by atoms with Gasteiger partial charge in [0.15, 0.2) is 6.04 Å². The number of halogens is 3. The molecule has 3 aromatic rings. The average molecular weight is 570 g/mol. The van der Waals surface area contributed by atoms with Crippen LogP contribution in [0.1, 0.15) is 43.9 Å². The van der Waals surface area contributed by atoms with E-state index in [2.05, 4.69) is 10.3 Å². The number of carbonyl (C=O) groups excluding carboxylic acids is 1. The van der Waals surface area contributed by atoms with E-state index in [-0.39, 0.29) is 29.9 Å². The van der Waals surface area contributed by atoms with Crippen LogP contribution in [-0.2, 0) is 25.0 Å². The smallest absolute Gasteiger partial charge is 0.374 e. The lowest BCUT2D eigenvalue weighted by molar-refractivity contribution is -0.190. The Morgan fingerprint density at radius 2 is 1.79 bits per heavy atom. The first-order valence-corrected chi connectivity index (χ1v) is 14.8. The molecule has 1 aromatic carbocycles. The topological polar surface area (TPSA) is 88.6 Å². The Labute approximate surface area is 223 Å². The van der Waals surface area contributed by atoms with Gasteiger partial charge in [0.05, 0.1) is 39.2 Å². The van der Waals surface area contributed by atoms with Gasteiger partial charge < -0.3 is 15.0 Å². The number of amides is 1. The Hall–Kier alpha value is -2.70. The number of sulfone groups is 1. The molecule has 2 aromatic heterocycles. The van der Waals surface area contributed by atoms with Crippen LogP contribution in [0.25, 0.3) is 10.2 Å². The molecular weight excluding hydrogens is 539 g/mol. The maximum Gasteiger partial charge on any atom is 0.413 e. The van der Waals surface area contributed by atoms with E-state index < -0.39 is 39.5 Å². The van der Waals surface area contributed by atoms with E-state index in [1.165, 1.54) is 35.6 Å². The largest absolute Gasteiger partial charge is 0.413 e. The van der Waals surface area contributed by atoms with E-state index in [1.54, 1.807) is 13.3 Å². The second-order valence-corrected chi connectivity index (χ2v) is 13.2. The molecular formula is C26H30F3N3O4S2. The van der Waals surface area contributed by atoms with Crippen LogP contribution in [0.3, 0.4) is 0 Å². The number of pyridine rings is 1. The predicted octanol–water partition coefficient (Wildman–Crippen LogP) is 5.81. The molecule has 0 radical (unpaired) electrons. The molecule has 1 N–H and O–H groups in total. The van der Waals surface area contributed by atoms with Crippen LogP contribution in [0.2, 0.25) is 0 Å². The van der Waals surface area contributed by atoms with E-state index in [0.717, 1.165) is 22.8 Å². The van der Waals surface area contributed by atoms with Crippen molar-refractivity contribution in [1.29, 1.82) is 0 Å². The van der Waals surface area contributed by atoms with Crippen LogP contribution in [0.4, 0.5) is 24.5 Å². The van der Waals surface area contributed by atoms with Crippen molar-refractivity contribution in [1.82, 2.24) is 9.88 Å². The first-order chi connectivity index (χ1) is 17.7. The highest BCUT2D eigenvalue weighted by molar-refractivity contribution is 7.91. The van der Waals surface area contributed by atoms with Crippen molar-refractivity contribution in [2.75, 3.05) is 31.0 Å². The highest BCUT2D eigenvalue weighted by Crippen LogP contribution is 2.41. The Kier molecular flexibility index (Phi) is 7.79. The zero-order chi connectivity index (χ0) is 27.9. The number of methoxy groups -OCH3 is 1. The van der Waals surface area contributed by atoms with Gasteiger partial charge in [-0.1, -0.05) is 12.1 Å². The Bertz CT molecular complexity index is 1410. The minimum atomic E-state index is -4.72. The molecule has 1 aliphatic heterocycles. The molecule has 38 heavy (non-hydrogen) atoms. The molecule has 1 saturated heterocycles. The fourth-order valence-electron chi connectivity index (χ4n) is 4.80. The van der Waals surface area contributed by atoms with Crippen LogP contribution >= 0.6 is 11.3 Å². The lowest BCUT2D eigenvalue weighted by atomic mass is 9.96. The lowest BCUT2D eigenvalue weighted by Crippen LogP contribution is -2.44. The van der Waals surface area contributed by atoms with Crippen LogP contribution in [0.5, 0.6) is 0 Å². The molecule has 0 saturated carbocycles. The first kappa shape index (κ1) is 28.3. The molecule has 1 atom stereocenters. The fourth-order valence-corrected chi connectivity index (χ4v) is 7.33. The molecule has 3 heterocycles. The van der Waals surface area contributed by atoms with Gasteiger partial charge in [0.25, 0.3) is 0 Å². The number of nitrogens with one attached hydrogen (secondary N) is 1. The van der Waals surface area contributed by atoms with E-state index in [1.807, 2.05) is 25.3 Å². The number of fused-ring (bicyclic) bond motifs is 1. The monoisotopic (exact) mass is 569 g/mol.